The minimum atomic E-state index is -4.59. The molecule has 0 saturated heterocycles. The number of nitrogens with one attached hydrogen (secondary N) is 1. The van der Waals surface area contributed by atoms with E-state index >= 15 is 0 Å². The molecule has 122 valence electrons. The van der Waals surface area contributed by atoms with E-state index in [0.717, 1.165) is 12.4 Å². The quantitative estimate of drug-likeness (QED) is 0.786. The summed E-state index contributed by atoms with van der Waals surface area (Å²) in [6.07, 6.45) is -2.93. The number of hydrogen-bond donors (Lipinski definition) is 1. The predicted molar refractivity (Wildman–Crippen MR) is 71.5 cm³/mol. The predicted octanol–water partition coefficient (Wildman–Crippen LogP) is 2.40. The van der Waals surface area contributed by atoms with E-state index in [-0.39, 0.29) is 11.6 Å². The van der Waals surface area contributed by atoms with Gasteiger partial charge >= 0.3 is 6.18 Å². The van der Waals surface area contributed by atoms with Gasteiger partial charge in [0.25, 0.3) is 5.78 Å². The maximum absolute atomic E-state index is 13.0. The molecule has 0 radical (unpaired) electrons. The molecule has 23 heavy (non-hydrogen) atoms. The molecule has 0 aliphatic heterocycles. The molecule has 0 spiro atoms. The lowest BCUT2D eigenvalue weighted by atomic mass is 10.2. The van der Waals surface area contributed by atoms with Crippen LogP contribution in [0.1, 0.15) is 36.8 Å². The van der Waals surface area contributed by atoms with Gasteiger partial charge in [-0.2, -0.15) is 32.8 Å². The molecule has 0 fully saturated rings. The normalized spacial score (nSPS) is 13.4. The van der Waals surface area contributed by atoms with Gasteiger partial charge < -0.3 is 9.84 Å². The number of alkyl halides is 3. The third kappa shape index (κ3) is 2.94. The maximum Gasteiger partial charge on any atom is 0.433 e. The molecule has 1 N–H and O–H groups in total. The Morgan fingerprint density at radius 2 is 2.13 bits per heavy atom. The summed E-state index contributed by atoms with van der Waals surface area (Å²) in [7, 11) is 0. The number of anilines is 1. The topological polar surface area (TPSA) is 94.0 Å². The van der Waals surface area contributed by atoms with Gasteiger partial charge in [-0.1, -0.05) is 12.1 Å². The van der Waals surface area contributed by atoms with Gasteiger partial charge in [-0.05, 0) is 6.42 Å². The number of aromatic nitrogens is 6. The van der Waals surface area contributed by atoms with Gasteiger partial charge in [0.2, 0.25) is 5.89 Å². The fourth-order valence-corrected chi connectivity index (χ4v) is 2.04. The lowest BCUT2D eigenvalue weighted by Crippen LogP contribution is -2.17. The number of nitrogens with zero attached hydrogens (tertiary/aromatic N) is 6. The highest BCUT2D eigenvalue weighted by molar-refractivity contribution is 5.46. The second-order valence-electron chi connectivity index (χ2n) is 4.77. The monoisotopic (exact) mass is 327 g/mol. The minimum Gasteiger partial charge on any atom is -0.360 e. The van der Waals surface area contributed by atoms with Crippen molar-refractivity contribution in [1.82, 2.24) is 29.7 Å². The molecule has 0 aromatic carbocycles. The summed E-state index contributed by atoms with van der Waals surface area (Å²) in [6.45, 7) is 3.47. The summed E-state index contributed by atoms with van der Waals surface area (Å²) in [5, 5.41) is 10.6. The van der Waals surface area contributed by atoms with E-state index in [9.17, 15) is 13.2 Å². The summed E-state index contributed by atoms with van der Waals surface area (Å²) in [6, 6.07) is 0.431. The van der Waals surface area contributed by atoms with E-state index in [0.29, 0.717) is 18.1 Å². The Hall–Kier alpha value is -2.72. The molecule has 3 aromatic heterocycles. The van der Waals surface area contributed by atoms with E-state index in [1.807, 2.05) is 6.92 Å². The first-order valence-electron chi connectivity index (χ1n) is 6.73. The van der Waals surface area contributed by atoms with E-state index in [1.54, 1.807) is 6.92 Å². The number of halogens is 3. The highest BCUT2D eigenvalue weighted by atomic mass is 19.4. The molecular formula is C12H12F3N7O. The molecule has 3 aromatic rings. The van der Waals surface area contributed by atoms with Crippen molar-refractivity contribution in [3.05, 3.63) is 29.8 Å². The molecular weight excluding hydrogens is 315 g/mol. The van der Waals surface area contributed by atoms with Crippen molar-refractivity contribution >= 4 is 11.6 Å². The van der Waals surface area contributed by atoms with Gasteiger partial charge in [-0.25, -0.2) is 4.98 Å². The third-order valence-corrected chi connectivity index (χ3v) is 3.13. The number of hydrogen-bond acceptors (Lipinski definition) is 7. The van der Waals surface area contributed by atoms with Crippen LogP contribution in [-0.4, -0.2) is 29.7 Å². The average Bonchev–Trinajstić information content (AvgIpc) is 3.12. The van der Waals surface area contributed by atoms with Crippen LogP contribution in [0.15, 0.2) is 16.9 Å². The zero-order valence-electron chi connectivity index (χ0n) is 12.2. The molecule has 3 rings (SSSR count). The van der Waals surface area contributed by atoms with Crippen LogP contribution in [0.3, 0.4) is 0 Å². The molecule has 0 bridgehead atoms. The van der Waals surface area contributed by atoms with E-state index in [4.69, 9.17) is 4.52 Å². The van der Waals surface area contributed by atoms with Gasteiger partial charge in [0.15, 0.2) is 11.5 Å². The van der Waals surface area contributed by atoms with Crippen molar-refractivity contribution in [2.75, 3.05) is 5.32 Å². The van der Waals surface area contributed by atoms with Crippen LogP contribution in [0.4, 0.5) is 19.0 Å². The molecule has 1 unspecified atom stereocenters. The fourth-order valence-electron chi connectivity index (χ4n) is 2.04. The average molecular weight is 327 g/mol. The Balaban J connectivity index is 2.02. The summed E-state index contributed by atoms with van der Waals surface area (Å²) in [5.74, 6) is 0.663. The largest absolute Gasteiger partial charge is 0.433 e. The van der Waals surface area contributed by atoms with Crippen molar-refractivity contribution in [2.24, 2.45) is 0 Å². The van der Waals surface area contributed by atoms with Gasteiger partial charge in [-0.15, -0.1) is 0 Å². The Bertz CT molecular complexity index is 826. The van der Waals surface area contributed by atoms with Crippen molar-refractivity contribution in [3.8, 4) is 0 Å². The van der Waals surface area contributed by atoms with Crippen LogP contribution in [0, 0.1) is 6.92 Å². The molecule has 11 heteroatoms. The standard InChI is InChI=1S/C12H12F3N7O/c1-3-7(10-18-6(2)23-21-10)19-9-4-8(12(13,14)15)20-11-16-5-17-22(9)11/h4-5,7,19H,3H2,1-2H3. The summed E-state index contributed by atoms with van der Waals surface area (Å²) in [4.78, 5) is 11.3. The Labute approximate surface area is 127 Å². The molecule has 0 amide bonds. The van der Waals surface area contributed by atoms with Crippen molar-refractivity contribution < 1.29 is 17.7 Å². The highest BCUT2D eigenvalue weighted by Crippen LogP contribution is 2.30. The highest BCUT2D eigenvalue weighted by Gasteiger charge is 2.34. The number of aryl methyl sites for hydroxylation is 1. The lowest BCUT2D eigenvalue weighted by Gasteiger charge is -2.16. The second-order valence-corrected chi connectivity index (χ2v) is 4.77. The van der Waals surface area contributed by atoms with Crippen LogP contribution >= 0.6 is 0 Å². The van der Waals surface area contributed by atoms with Crippen LogP contribution in [0.25, 0.3) is 5.78 Å². The van der Waals surface area contributed by atoms with E-state index in [1.165, 1.54) is 4.52 Å². The third-order valence-electron chi connectivity index (χ3n) is 3.13. The van der Waals surface area contributed by atoms with E-state index < -0.39 is 17.9 Å². The van der Waals surface area contributed by atoms with E-state index in [2.05, 4.69) is 30.5 Å². The molecule has 0 saturated carbocycles. The molecule has 0 aliphatic carbocycles. The summed E-state index contributed by atoms with van der Waals surface area (Å²) < 4.78 is 45.0. The zero-order valence-corrected chi connectivity index (χ0v) is 12.2. The SMILES string of the molecule is CCC(Nc1cc(C(F)(F)F)nc2ncnn12)c1noc(C)n1. The molecule has 1 atom stereocenters. The number of fused-ring (bicyclic) bond motifs is 1. The first-order valence-corrected chi connectivity index (χ1v) is 6.73. The van der Waals surface area contributed by atoms with Gasteiger partial charge in [0, 0.05) is 13.0 Å². The van der Waals surface area contributed by atoms with Crippen molar-refractivity contribution in [2.45, 2.75) is 32.5 Å². The van der Waals surface area contributed by atoms with Crippen LogP contribution in [-0.2, 0) is 6.18 Å². The van der Waals surface area contributed by atoms with Gasteiger partial charge in [-0.3, -0.25) is 0 Å². The number of rotatable bonds is 4. The minimum absolute atomic E-state index is 0.0918. The Morgan fingerprint density at radius 3 is 2.74 bits per heavy atom. The Kier molecular flexibility index (Phi) is 3.62. The first-order chi connectivity index (χ1) is 10.9. The molecule has 3 heterocycles. The fraction of sp³-hybridized carbons (Fsp3) is 0.417. The molecule has 0 aliphatic rings. The van der Waals surface area contributed by atoms with Crippen molar-refractivity contribution in [1.29, 1.82) is 0 Å². The van der Waals surface area contributed by atoms with Crippen LogP contribution in [0.2, 0.25) is 0 Å². The second kappa shape index (κ2) is 5.48. The maximum atomic E-state index is 13.0. The first kappa shape index (κ1) is 15.2. The molecule has 8 nitrogen and oxygen atoms in total. The van der Waals surface area contributed by atoms with Crippen LogP contribution in [0.5, 0.6) is 0 Å². The van der Waals surface area contributed by atoms with Gasteiger partial charge in [0.05, 0.1) is 6.04 Å². The zero-order chi connectivity index (χ0) is 16.6. The lowest BCUT2D eigenvalue weighted by molar-refractivity contribution is -0.141. The van der Waals surface area contributed by atoms with Crippen molar-refractivity contribution in [3.63, 3.8) is 0 Å². The van der Waals surface area contributed by atoms with Gasteiger partial charge in [0.1, 0.15) is 12.1 Å². The summed E-state index contributed by atoms with van der Waals surface area (Å²) in [5.41, 5.74) is -1.06. The smallest absolute Gasteiger partial charge is 0.360 e. The summed E-state index contributed by atoms with van der Waals surface area (Å²) >= 11 is 0. The van der Waals surface area contributed by atoms with Crippen LogP contribution < -0.4 is 5.32 Å². The Morgan fingerprint density at radius 1 is 1.35 bits per heavy atom.